The van der Waals surface area contributed by atoms with Crippen molar-refractivity contribution in [3.05, 3.63) is 35.9 Å². The lowest BCUT2D eigenvalue weighted by atomic mass is 9.86. The van der Waals surface area contributed by atoms with Gasteiger partial charge in [0.1, 0.15) is 0 Å². The number of carbonyl (C=O) groups excluding carboxylic acids is 1. The predicted molar refractivity (Wildman–Crippen MR) is 72.2 cm³/mol. The summed E-state index contributed by atoms with van der Waals surface area (Å²) in [5, 5.41) is 0. The Morgan fingerprint density at radius 1 is 1.22 bits per heavy atom. The SMILES string of the molecule is CCCC[C@H]1C(=O)OC[C@H]1CCc1ccccc1. The van der Waals surface area contributed by atoms with E-state index in [0.29, 0.717) is 12.5 Å². The van der Waals surface area contributed by atoms with Crippen LogP contribution >= 0.6 is 0 Å². The molecule has 1 heterocycles. The Kier molecular flexibility index (Phi) is 4.80. The molecule has 0 aromatic heterocycles. The molecular formula is C16H22O2. The van der Waals surface area contributed by atoms with Crippen molar-refractivity contribution in [3.8, 4) is 0 Å². The number of hydrogen-bond acceptors (Lipinski definition) is 2. The molecule has 2 nitrogen and oxygen atoms in total. The molecule has 1 aromatic carbocycles. The molecule has 0 bridgehead atoms. The Morgan fingerprint density at radius 3 is 2.72 bits per heavy atom. The van der Waals surface area contributed by atoms with Crippen molar-refractivity contribution < 1.29 is 9.53 Å². The highest BCUT2D eigenvalue weighted by Crippen LogP contribution is 2.30. The monoisotopic (exact) mass is 246 g/mol. The van der Waals surface area contributed by atoms with Crippen LogP contribution < -0.4 is 0 Å². The molecule has 1 aliphatic heterocycles. The van der Waals surface area contributed by atoms with Gasteiger partial charge in [0.05, 0.1) is 12.5 Å². The van der Waals surface area contributed by atoms with Gasteiger partial charge in [0, 0.05) is 5.92 Å². The number of benzene rings is 1. The van der Waals surface area contributed by atoms with Gasteiger partial charge < -0.3 is 4.74 Å². The largest absolute Gasteiger partial charge is 0.465 e. The van der Waals surface area contributed by atoms with Crippen molar-refractivity contribution >= 4 is 5.97 Å². The molecule has 0 saturated carbocycles. The van der Waals surface area contributed by atoms with Gasteiger partial charge in [0.25, 0.3) is 0 Å². The van der Waals surface area contributed by atoms with Crippen molar-refractivity contribution in [2.75, 3.05) is 6.61 Å². The molecule has 0 aliphatic carbocycles. The van der Waals surface area contributed by atoms with E-state index in [2.05, 4.69) is 31.2 Å². The normalized spacial score (nSPS) is 23.1. The summed E-state index contributed by atoms with van der Waals surface area (Å²) in [5.41, 5.74) is 1.35. The third-order valence-corrected chi connectivity index (χ3v) is 3.83. The van der Waals surface area contributed by atoms with E-state index in [1.807, 2.05) is 6.07 Å². The highest BCUT2D eigenvalue weighted by molar-refractivity contribution is 5.74. The Labute approximate surface area is 109 Å². The van der Waals surface area contributed by atoms with E-state index in [4.69, 9.17) is 4.74 Å². The highest BCUT2D eigenvalue weighted by Gasteiger charge is 2.35. The fourth-order valence-electron chi connectivity index (χ4n) is 2.66. The molecule has 18 heavy (non-hydrogen) atoms. The Morgan fingerprint density at radius 2 is 2.00 bits per heavy atom. The third-order valence-electron chi connectivity index (χ3n) is 3.83. The molecule has 1 saturated heterocycles. The zero-order valence-corrected chi connectivity index (χ0v) is 11.1. The molecule has 0 amide bonds. The molecule has 1 aromatic rings. The quantitative estimate of drug-likeness (QED) is 0.717. The van der Waals surface area contributed by atoms with Crippen LogP contribution in [0.1, 0.15) is 38.2 Å². The number of unbranched alkanes of at least 4 members (excludes halogenated alkanes) is 1. The van der Waals surface area contributed by atoms with Crippen LogP contribution in [0.5, 0.6) is 0 Å². The van der Waals surface area contributed by atoms with Crippen molar-refractivity contribution in [1.29, 1.82) is 0 Å². The maximum atomic E-state index is 11.7. The highest BCUT2D eigenvalue weighted by atomic mass is 16.5. The van der Waals surface area contributed by atoms with E-state index >= 15 is 0 Å². The number of esters is 1. The number of cyclic esters (lactones) is 1. The summed E-state index contributed by atoms with van der Waals surface area (Å²) < 4.78 is 5.22. The topological polar surface area (TPSA) is 26.3 Å². The second-order valence-electron chi connectivity index (χ2n) is 5.16. The molecule has 1 aliphatic rings. The second-order valence-corrected chi connectivity index (χ2v) is 5.16. The van der Waals surface area contributed by atoms with Gasteiger partial charge in [-0.05, 0) is 24.8 Å². The maximum absolute atomic E-state index is 11.7. The van der Waals surface area contributed by atoms with Crippen molar-refractivity contribution in [3.63, 3.8) is 0 Å². The summed E-state index contributed by atoms with van der Waals surface area (Å²) >= 11 is 0. The first kappa shape index (κ1) is 13.1. The first-order chi connectivity index (χ1) is 8.81. The molecule has 1 fully saturated rings. The number of carbonyl (C=O) groups is 1. The van der Waals surface area contributed by atoms with Crippen LogP contribution in [0.25, 0.3) is 0 Å². The molecule has 2 atom stereocenters. The minimum atomic E-state index is 0.0292. The van der Waals surface area contributed by atoms with E-state index < -0.39 is 0 Å². The van der Waals surface area contributed by atoms with E-state index in [1.165, 1.54) is 5.56 Å². The van der Waals surface area contributed by atoms with Crippen LogP contribution in [0.3, 0.4) is 0 Å². The number of aryl methyl sites for hydroxylation is 1. The fourth-order valence-corrected chi connectivity index (χ4v) is 2.66. The summed E-state index contributed by atoms with van der Waals surface area (Å²) in [5.74, 6) is 0.597. The predicted octanol–water partition coefficient (Wildman–Crippen LogP) is 3.60. The van der Waals surface area contributed by atoms with Gasteiger partial charge in [-0.3, -0.25) is 4.79 Å². The van der Waals surface area contributed by atoms with Gasteiger partial charge >= 0.3 is 5.97 Å². The van der Waals surface area contributed by atoms with Crippen LogP contribution in [0.2, 0.25) is 0 Å². The third kappa shape index (κ3) is 3.34. The smallest absolute Gasteiger partial charge is 0.309 e. The lowest BCUT2D eigenvalue weighted by Crippen LogP contribution is -2.16. The molecular weight excluding hydrogens is 224 g/mol. The van der Waals surface area contributed by atoms with Crippen molar-refractivity contribution in [1.82, 2.24) is 0 Å². The van der Waals surface area contributed by atoms with Crippen LogP contribution in [0, 0.1) is 11.8 Å². The van der Waals surface area contributed by atoms with E-state index in [9.17, 15) is 4.79 Å². The first-order valence-electron chi connectivity index (χ1n) is 7.02. The number of ether oxygens (including phenoxy) is 1. The Hall–Kier alpha value is -1.31. The minimum absolute atomic E-state index is 0.0292. The lowest BCUT2D eigenvalue weighted by molar-refractivity contribution is -0.141. The molecule has 0 radical (unpaired) electrons. The van der Waals surface area contributed by atoms with Crippen LogP contribution in [-0.4, -0.2) is 12.6 Å². The lowest BCUT2D eigenvalue weighted by Gasteiger charge is -2.14. The fraction of sp³-hybridized carbons (Fsp3) is 0.562. The summed E-state index contributed by atoms with van der Waals surface area (Å²) in [6, 6.07) is 10.5. The molecule has 0 N–H and O–H groups in total. The summed E-state index contributed by atoms with van der Waals surface area (Å²) in [6.07, 6.45) is 5.38. The zero-order valence-electron chi connectivity index (χ0n) is 11.1. The molecule has 0 unspecified atom stereocenters. The second kappa shape index (κ2) is 6.58. The van der Waals surface area contributed by atoms with Gasteiger partial charge in [0.2, 0.25) is 0 Å². The molecule has 2 heteroatoms. The summed E-state index contributed by atoms with van der Waals surface area (Å²) in [7, 11) is 0. The molecule has 0 spiro atoms. The van der Waals surface area contributed by atoms with E-state index in [1.54, 1.807) is 0 Å². The Bertz CT molecular complexity index is 372. The van der Waals surface area contributed by atoms with Gasteiger partial charge in [-0.15, -0.1) is 0 Å². The first-order valence-corrected chi connectivity index (χ1v) is 7.02. The maximum Gasteiger partial charge on any atom is 0.309 e. The van der Waals surface area contributed by atoms with E-state index in [-0.39, 0.29) is 11.9 Å². The van der Waals surface area contributed by atoms with Crippen LogP contribution in [0.4, 0.5) is 0 Å². The van der Waals surface area contributed by atoms with Crippen LogP contribution in [-0.2, 0) is 16.0 Å². The molecule has 2 rings (SSSR count). The number of rotatable bonds is 6. The average molecular weight is 246 g/mol. The minimum Gasteiger partial charge on any atom is -0.465 e. The van der Waals surface area contributed by atoms with Gasteiger partial charge in [-0.2, -0.15) is 0 Å². The van der Waals surface area contributed by atoms with E-state index in [0.717, 1.165) is 32.1 Å². The van der Waals surface area contributed by atoms with Gasteiger partial charge in [-0.25, -0.2) is 0 Å². The van der Waals surface area contributed by atoms with Gasteiger partial charge in [-0.1, -0.05) is 50.1 Å². The average Bonchev–Trinajstić information content (AvgIpc) is 2.76. The summed E-state index contributed by atoms with van der Waals surface area (Å²) in [6.45, 7) is 2.79. The van der Waals surface area contributed by atoms with Gasteiger partial charge in [0.15, 0.2) is 0 Å². The standard InChI is InChI=1S/C16H22O2/c1-2-3-9-15-14(12-18-16(15)17)11-10-13-7-5-4-6-8-13/h4-8,14-15H,2-3,9-12H2,1H3/t14-,15-/m1/s1. The number of hydrogen-bond donors (Lipinski definition) is 0. The van der Waals surface area contributed by atoms with Crippen molar-refractivity contribution in [2.45, 2.75) is 39.0 Å². The Balaban J connectivity index is 1.86. The summed E-state index contributed by atoms with van der Waals surface area (Å²) in [4.78, 5) is 11.7. The zero-order chi connectivity index (χ0) is 12.8. The van der Waals surface area contributed by atoms with Crippen LogP contribution in [0.15, 0.2) is 30.3 Å². The van der Waals surface area contributed by atoms with Crippen molar-refractivity contribution in [2.24, 2.45) is 11.8 Å². The molecule has 98 valence electrons.